The van der Waals surface area contributed by atoms with Crippen LogP contribution in [-0.4, -0.2) is 24.3 Å². The number of amides is 1. The lowest BCUT2D eigenvalue weighted by atomic mass is 10.2. The second kappa shape index (κ2) is 9.20. The normalized spacial score (nSPS) is 11.7. The van der Waals surface area contributed by atoms with E-state index in [2.05, 4.69) is 5.32 Å². The van der Waals surface area contributed by atoms with Crippen LogP contribution < -0.4 is 10.1 Å². The van der Waals surface area contributed by atoms with Crippen molar-refractivity contribution >= 4 is 17.7 Å². The predicted molar refractivity (Wildman–Crippen MR) is 92.1 cm³/mol. The van der Waals surface area contributed by atoms with E-state index in [1.165, 1.54) is 17.7 Å². The Bertz CT molecular complexity index is 604. The lowest BCUT2D eigenvalue weighted by Gasteiger charge is -2.12. The van der Waals surface area contributed by atoms with Crippen molar-refractivity contribution in [2.24, 2.45) is 0 Å². The van der Waals surface area contributed by atoms with Gasteiger partial charge in [0.25, 0.3) is 0 Å². The lowest BCUT2D eigenvalue weighted by Crippen LogP contribution is -2.34. The van der Waals surface area contributed by atoms with Gasteiger partial charge in [0.1, 0.15) is 18.2 Å². The van der Waals surface area contributed by atoms with Crippen LogP contribution in [0.25, 0.3) is 0 Å². The number of hydrogen-bond acceptors (Lipinski definition) is 3. The molecule has 0 bridgehead atoms. The Hall–Kier alpha value is -2.01. The fourth-order valence-electron chi connectivity index (χ4n) is 1.89. The second-order valence-corrected chi connectivity index (χ2v) is 6.36. The molecule has 0 radical (unpaired) electrons. The molecule has 122 valence electrons. The third kappa shape index (κ3) is 6.32. The average molecular weight is 333 g/mol. The Balaban J connectivity index is 1.63. The quantitative estimate of drug-likeness (QED) is 0.750. The van der Waals surface area contributed by atoms with Crippen molar-refractivity contribution in [3.05, 3.63) is 66.0 Å². The molecule has 2 aromatic rings. The molecule has 0 saturated carbocycles. The first-order chi connectivity index (χ1) is 11.1. The number of carbonyl (C=O) groups excluding carboxylic acids is 1. The van der Waals surface area contributed by atoms with E-state index in [1.807, 2.05) is 37.3 Å². The maximum Gasteiger partial charge on any atom is 0.232 e. The fourth-order valence-corrected chi connectivity index (χ4v) is 2.76. The van der Waals surface area contributed by atoms with E-state index in [0.29, 0.717) is 18.9 Å². The highest BCUT2D eigenvalue weighted by molar-refractivity contribution is 7.99. The minimum atomic E-state index is -0.296. The molecule has 0 spiro atoms. The summed E-state index contributed by atoms with van der Waals surface area (Å²) in [7, 11) is 0. The third-order valence-corrected chi connectivity index (χ3v) is 4.41. The molecule has 1 amide bonds. The Morgan fingerprint density at radius 3 is 2.57 bits per heavy atom. The topological polar surface area (TPSA) is 38.3 Å². The van der Waals surface area contributed by atoms with Gasteiger partial charge in [-0.3, -0.25) is 4.79 Å². The van der Waals surface area contributed by atoms with Crippen molar-refractivity contribution in [1.82, 2.24) is 5.32 Å². The third-order valence-electron chi connectivity index (χ3n) is 3.20. The summed E-state index contributed by atoms with van der Waals surface area (Å²) in [6.45, 7) is 2.67. The van der Waals surface area contributed by atoms with E-state index >= 15 is 0 Å². The van der Waals surface area contributed by atoms with Crippen molar-refractivity contribution in [2.75, 3.05) is 13.2 Å². The van der Waals surface area contributed by atoms with Gasteiger partial charge < -0.3 is 10.1 Å². The van der Waals surface area contributed by atoms with E-state index in [0.717, 1.165) is 5.75 Å². The molecular formula is C18H20FNO2S. The summed E-state index contributed by atoms with van der Waals surface area (Å²) in [5.41, 5.74) is 1.21. The van der Waals surface area contributed by atoms with Crippen LogP contribution in [0.4, 0.5) is 4.39 Å². The van der Waals surface area contributed by atoms with E-state index in [-0.39, 0.29) is 17.0 Å². The van der Waals surface area contributed by atoms with Gasteiger partial charge in [0, 0.05) is 5.75 Å². The molecule has 0 fully saturated rings. The molecule has 23 heavy (non-hydrogen) atoms. The van der Waals surface area contributed by atoms with Crippen molar-refractivity contribution in [1.29, 1.82) is 0 Å². The zero-order valence-corrected chi connectivity index (χ0v) is 13.8. The van der Waals surface area contributed by atoms with Gasteiger partial charge >= 0.3 is 0 Å². The maximum atomic E-state index is 12.8. The van der Waals surface area contributed by atoms with E-state index in [4.69, 9.17) is 4.74 Å². The molecule has 0 saturated heterocycles. The Morgan fingerprint density at radius 1 is 1.17 bits per heavy atom. The Labute approximate surface area is 140 Å². The number of carbonyl (C=O) groups is 1. The highest BCUT2D eigenvalue weighted by Gasteiger charge is 2.12. The number of halogens is 1. The Kier molecular flexibility index (Phi) is 6.94. The molecule has 5 heteroatoms. The summed E-state index contributed by atoms with van der Waals surface area (Å²) in [6.07, 6.45) is 0. The number of ether oxygens (including phenoxy) is 1. The summed E-state index contributed by atoms with van der Waals surface area (Å²) in [4.78, 5) is 12.0. The van der Waals surface area contributed by atoms with Crippen LogP contribution in [-0.2, 0) is 10.5 Å². The number of rotatable bonds is 8. The Morgan fingerprint density at radius 2 is 1.87 bits per heavy atom. The SMILES string of the molecule is C[C@@H](SCc1ccccc1)C(=O)NCCOc1ccc(F)cc1. The number of nitrogens with one attached hydrogen (secondary N) is 1. The summed E-state index contributed by atoms with van der Waals surface area (Å²) >= 11 is 1.60. The molecule has 0 unspecified atom stereocenters. The number of benzene rings is 2. The van der Waals surface area contributed by atoms with Gasteiger partial charge in [-0.2, -0.15) is 0 Å². The van der Waals surface area contributed by atoms with Crippen LogP contribution in [0.2, 0.25) is 0 Å². The van der Waals surface area contributed by atoms with Crippen LogP contribution >= 0.6 is 11.8 Å². The van der Waals surface area contributed by atoms with Gasteiger partial charge in [0.15, 0.2) is 0 Å². The van der Waals surface area contributed by atoms with E-state index in [1.54, 1.807) is 23.9 Å². The van der Waals surface area contributed by atoms with Crippen LogP contribution in [0, 0.1) is 5.82 Å². The van der Waals surface area contributed by atoms with E-state index in [9.17, 15) is 9.18 Å². The molecule has 0 aromatic heterocycles. The second-order valence-electron chi connectivity index (χ2n) is 5.03. The average Bonchev–Trinajstić information content (AvgIpc) is 2.59. The summed E-state index contributed by atoms with van der Waals surface area (Å²) in [6, 6.07) is 15.9. The van der Waals surface area contributed by atoms with Gasteiger partial charge in [-0.1, -0.05) is 30.3 Å². The first-order valence-corrected chi connectivity index (χ1v) is 8.51. The molecule has 2 aromatic carbocycles. The van der Waals surface area contributed by atoms with Gasteiger partial charge in [0.05, 0.1) is 11.8 Å². The molecule has 0 aliphatic heterocycles. The largest absolute Gasteiger partial charge is 0.492 e. The monoisotopic (exact) mass is 333 g/mol. The summed E-state index contributed by atoms with van der Waals surface area (Å²) in [5.74, 6) is 1.09. The zero-order chi connectivity index (χ0) is 16.5. The summed E-state index contributed by atoms with van der Waals surface area (Å²) < 4.78 is 18.2. The molecule has 0 heterocycles. The minimum absolute atomic E-state index is 0.00589. The van der Waals surface area contributed by atoms with Crippen LogP contribution in [0.5, 0.6) is 5.75 Å². The van der Waals surface area contributed by atoms with Crippen molar-refractivity contribution < 1.29 is 13.9 Å². The smallest absolute Gasteiger partial charge is 0.232 e. The molecule has 1 atom stereocenters. The molecule has 1 N–H and O–H groups in total. The molecule has 2 rings (SSSR count). The predicted octanol–water partition coefficient (Wildman–Crippen LogP) is 3.64. The molecular weight excluding hydrogens is 313 g/mol. The first kappa shape index (κ1) is 17.3. The number of hydrogen-bond donors (Lipinski definition) is 1. The highest BCUT2D eigenvalue weighted by atomic mass is 32.2. The van der Waals surface area contributed by atoms with Gasteiger partial charge in [-0.25, -0.2) is 4.39 Å². The minimum Gasteiger partial charge on any atom is -0.492 e. The lowest BCUT2D eigenvalue weighted by molar-refractivity contribution is -0.120. The highest BCUT2D eigenvalue weighted by Crippen LogP contribution is 2.17. The standard InChI is InChI=1S/C18H20FNO2S/c1-14(23-13-15-5-3-2-4-6-15)18(21)20-11-12-22-17-9-7-16(19)8-10-17/h2-10,14H,11-13H2,1H3,(H,20,21)/t14-/m1/s1. The number of thioether (sulfide) groups is 1. The van der Waals surface area contributed by atoms with Crippen molar-refractivity contribution in [2.45, 2.75) is 17.9 Å². The van der Waals surface area contributed by atoms with E-state index < -0.39 is 0 Å². The van der Waals surface area contributed by atoms with Crippen LogP contribution in [0.15, 0.2) is 54.6 Å². The maximum absolute atomic E-state index is 12.8. The van der Waals surface area contributed by atoms with Crippen LogP contribution in [0.3, 0.4) is 0 Å². The summed E-state index contributed by atoms with van der Waals surface area (Å²) in [5, 5.41) is 2.72. The van der Waals surface area contributed by atoms with Gasteiger partial charge in [-0.05, 0) is 36.8 Å². The fraction of sp³-hybridized carbons (Fsp3) is 0.278. The van der Waals surface area contributed by atoms with Crippen molar-refractivity contribution in [3.8, 4) is 5.75 Å². The van der Waals surface area contributed by atoms with Crippen LogP contribution in [0.1, 0.15) is 12.5 Å². The van der Waals surface area contributed by atoms with Gasteiger partial charge in [0.2, 0.25) is 5.91 Å². The molecule has 0 aliphatic carbocycles. The molecule has 0 aliphatic rings. The zero-order valence-electron chi connectivity index (χ0n) is 13.0. The first-order valence-electron chi connectivity index (χ1n) is 7.47. The van der Waals surface area contributed by atoms with Crippen molar-refractivity contribution in [3.63, 3.8) is 0 Å². The molecule has 3 nitrogen and oxygen atoms in total. The van der Waals surface area contributed by atoms with Gasteiger partial charge in [-0.15, -0.1) is 11.8 Å².